The second-order valence-corrected chi connectivity index (χ2v) is 9.27. The zero-order chi connectivity index (χ0) is 22.8. The van der Waals surface area contributed by atoms with E-state index in [1.165, 1.54) is 5.56 Å². The summed E-state index contributed by atoms with van der Waals surface area (Å²) in [5.41, 5.74) is 1.95. The van der Waals surface area contributed by atoms with Crippen molar-refractivity contribution >= 4 is 17.7 Å². The lowest BCUT2D eigenvalue weighted by Crippen LogP contribution is -2.45. The summed E-state index contributed by atoms with van der Waals surface area (Å²) in [7, 11) is 0. The van der Waals surface area contributed by atoms with Crippen LogP contribution in [0.15, 0.2) is 54.6 Å². The third kappa shape index (κ3) is 4.56. The van der Waals surface area contributed by atoms with E-state index in [-0.39, 0.29) is 24.2 Å². The van der Waals surface area contributed by atoms with Gasteiger partial charge >= 0.3 is 0 Å². The standard InChI is InChI=1S/C26H29N3O4/c30-23(18-29-24(31)21-8-4-5-9-22(21)25(29)32)27-16-20-10-11-26(33-20)12-14-28(15-13-26)17-19-6-2-1-3-7-19/h1-9,20H,10-18H2,(H,27,30)/t20-/m0/s1. The molecule has 2 saturated heterocycles. The predicted octanol–water partition coefficient (Wildman–Crippen LogP) is 2.61. The minimum absolute atomic E-state index is 0.0307. The smallest absolute Gasteiger partial charge is 0.262 e. The van der Waals surface area contributed by atoms with E-state index in [1.54, 1.807) is 24.3 Å². The highest BCUT2D eigenvalue weighted by atomic mass is 16.5. The average molecular weight is 448 g/mol. The Labute approximate surface area is 193 Å². The molecule has 3 heterocycles. The van der Waals surface area contributed by atoms with Crippen LogP contribution in [0.1, 0.15) is 52.0 Å². The molecule has 2 aromatic carbocycles. The summed E-state index contributed by atoms with van der Waals surface area (Å²) in [5.74, 6) is -1.17. The Morgan fingerprint density at radius 3 is 2.24 bits per heavy atom. The minimum atomic E-state index is -0.413. The molecular formula is C26H29N3O4. The summed E-state index contributed by atoms with van der Waals surface area (Å²) in [4.78, 5) is 40.8. The summed E-state index contributed by atoms with van der Waals surface area (Å²) in [6, 6.07) is 17.2. The van der Waals surface area contributed by atoms with Crippen LogP contribution in [0, 0.1) is 0 Å². The predicted molar refractivity (Wildman–Crippen MR) is 123 cm³/mol. The molecule has 2 aromatic rings. The highest BCUT2D eigenvalue weighted by Crippen LogP contribution is 2.39. The number of amides is 3. The number of carbonyl (C=O) groups excluding carboxylic acids is 3. The molecule has 1 atom stereocenters. The molecule has 3 aliphatic heterocycles. The highest BCUT2D eigenvalue weighted by Gasteiger charge is 2.42. The van der Waals surface area contributed by atoms with E-state index in [0.717, 1.165) is 50.2 Å². The number of carbonyl (C=O) groups is 3. The number of nitrogens with one attached hydrogen (secondary N) is 1. The van der Waals surface area contributed by atoms with E-state index in [4.69, 9.17) is 4.74 Å². The lowest BCUT2D eigenvalue weighted by Gasteiger charge is -2.39. The van der Waals surface area contributed by atoms with Gasteiger partial charge in [0.2, 0.25) is 5.91 Å². The second-order valence-electron chi connectivity index (χ2n) is 9.27. The SMILES string of the molecule is O=C(CN1C(=O)c2ccccc2C1=O)NC[C@@H]1CCC2(CCN(Cc3ccccc3)CC2)O1. The van der Waals surface area contributed by atoms with Gasteiger partial charge in [-0.1, -0.05) is 42.5 Å². The van der Waals surface area contributed by atoms with Gasteiger partial charge < -0.3 is 10.1 Å². The van der Waals surface area contributed by atoms with Gasteiger partial charge in [0.1, 0.15) is 6.54 Å². The van der Waals surface area contributed by atoms with Crippen molar-refractivity contribution in [3.63, 3.8) is 0 Å². The molecule has 7 heteroatoms. The zero-order valence-corrected chi connectivity index (χ0v) is 18.7. The van der Waals surface area contributed by atoms with Crippen molar-refractivity contribution in [2.75, 3.05) is 26.2 Å². The molecule has 1 N–H and O–H groups in total. The van der Waals surface area contributed by atoms with Crippen molar-refractivity contribution in [1.82, 2.24) is 15.1 Å². The molecule has 0 saturated carbocycles. The van der Waals surface area contributed by atoms with Gasteiger partial charge in [0.05, 0.1) is 22.8 Å². The van der Waals surface area contributed by atoms with Crippen LogP contribution in [0.2, 0.25) is 0 Å². The number of likely N-dealkylation sites (tertiary alicyclic amines) is 1. The van der Waals surface area contributed by atoms with E-state index in [0.29, 0.717) is 17.7 Å². The summed E-state index contributed by atoms with van der Waals surface area (Å²) >= 11 is 0. The van der Waals surface area contributed by atoms with Crippen LogP contribution in [-0.4, -0.2) is 65.4 Å². The first-order chi connectivity index (χ1) is 16.0. The van der Waals surface area contributed by atoms with Crippen molar-refractivity contribution in [2.45, 2.75) is 43.9 Å². The Morgan fingerprint density at radius 2 is 1.58 bits per heavy atom. The van der Waals surface area contributed by atoms with Crippen molar-refractivity contribution in [3.8, 4) is 0 Å². The van der Waals surface area contributed by atoms with Gasteiger partial charge in [-0.25, -0.2) is 0 Å². The van der Waals surface area contributed by atoms with Gasteiger partial charge in [0.25, 0.3) is 11.8 Å². The molecule has 1 spiro atoms. The Bertz CT molecular complexity index is 1010. The van der Waals surface area contributed by atoms with Crippen molar-refractivity contribution in [1.29, 1.82) is 0 Å². The van der Waals surface area contributed by atoms with Crippen molar-refractivity contribution in [2.24, 2.45) is 0 Å². The van der Waals surface area contributed by atoms with Gasteiger partial charge in [-0.3, -0.25) is 24.2 Å². The number of piperidine rings is 1. The van der Waals surface area contributed by atoms with E-state index >= 15 is 0 Å². The lowest BCUT2D eigenvalue weighted by atomic mass is 9.88. The van der Waals surface area contributed by atoms with E-state index in [2.05, 4.69) is 34.5 Å². The zero-order valence-electron chi connectivity index (χ0n) is 18.7. The summed E-state index contributed by atoms with van der Waals surface area (Å²) in [6.07, 6.45) is 3.88. The summed E-state index contributed by atoms with van der Waals surface area (Å²) in [5, 5.41) is 2.86. The molecule has 0 unspecified atom stereocenters. The highest BCUT2D eigenvalue weighted by molar-refractivity contribution is 6.22. The van der Waals surface area contributed by atoms with E-state index in [9.17, 15) is 14.4 Å². The summed E-state index contributed by atoms with van der Waals surface area (Å²) in [6.45, 7) is 3.12. The van der Waals surface area contributed by atoms with Gasteiger partial charge in [0.15, 0.2) is 0 Å². The van der Waals surface area contributed by atoms with Crippen molar-refractivity contribution < 1.29 is 19.1 Å². The molecule has 0 radical (unpaired) electrons. The molecular weight excluding hydrogens is 418 g/mol. The molecule has 3 amide bonds. The third-order valence-electron chi connectivity index (χ3n) is 7.06. The Balaban J connectivity index is 1.07. The third-order valence-corrected chi connectivity index (χ3v) is 7.06. The fraction of sp³-hybridized carbons (Fsp3) is 0.423. The number of benzene rings is 2. The number of fused-ring (bicyclic) bond motifs is 1. The molecule has 0 aliphatic carbocycles. The maximum absolute atomic E-state index is 12.5. The quantitative estimate of drug-likeness (QED) is 0.689. The average Bonchev–Trinajstić information content (AvgIpc) is 3.35. The van der Waals surface area contributed by atoms with Gasteiger partial charge in [0, 0.05) is 26.2 Å². The molecule has 3 aliphatic rings. The first-order valence-electron chi connectivity index (χ1n) is 11.7. The number of imide groups is 1. The normalized spacial score (nSPS) is 22.1. The van der Waals surface area contributed by atoms with Crippen LogP contribution >= 0.6 is 0 Å². The Morgan fingerprint density at radius 1 is 0.939 bits per heavy atom. The maximum atomic E-state index is 12.5. The Hall–Kier alpha value is -3.03. The van der Waals surface area contributed by atoms with Crippen LogP contribution in [-0.2, 0) is 16.1 Å². The molecule has 7 nitrogen and oxygen atoms in total. The monoisotopic (exact) mass is 447 g/mol. The topological polar surface area (TPSA) is 79.0 Å². The number of nitrogens with zero attached hydrogens (tertiary/aromatic N) is 2. The largest absolute Gasteiger partial charge is 0.370 e. The fourth-order valence-electron chi connectivity index (χ4n) is 5.18. The van der Waals surface area contributed by atoms with Crippen molar-refractivity contribution in [3.05, 3.63) is 71.3 Å². The first kappa shape index (κ1) is 21.8. The molecule has 172 valence electrons. The second kappa shape index (κ2) is 9.08. The molecule has 33 heavy (non-hydrogen) atoms. The van der Waals surface area contributed by atoms with Gasteiger partial charge in [-0.05, 0) is 43.4 Å². The molecule has 0 aromatic heterocycles. The van der Waals surface area contributed by atoms with Crippen LogP contribution in [0.25, 0.3) is 0 Å². The molecule has 5 rings (SSSR count). The van der Waals surface area contributed by atoms with E-state index < -0.39 is 11.8 Å². The minimum Gasteiger partial charge on any atom is -0.370 e. The van der Waals surface area contributed by atoms with Gasteiger partial charge in [-0.15, -0.1) is 0 Å². The molecule has 0 bridgehead atoms. The van der Waals surface area contributed by atoms with Crippen LogP contribution in [0.3, 0.4) is 0 Å². The van der Waals surface area contributed by atoms with Gasteiger partial charge in [-0.2, -0.15) is 0 Å². The lowest BCUT2D eigenvalue weighted by molar-refractivity contribution is -0.123. The fourth-order valence-corrected chi connectivity index (χ4v) is 5.18. The Kier molecular flexibility index (Phi) is 6.00. The van der Waals surface area contributed by atoms with Crippen LogP contribution in [0.4, 0.5) is 0 Å². The van der Waals surface area contributed by atoms with Crippen LogP contribution < -0.4 is 5.32 Å². The number of hydrogen-bond acceptors (Lipinski definition) is 5. The summed E-state index contributed by atoms with van der Waals surface area (Å²) < 4.78 is 6.41. The molecule has 2 fully saturated rings. The number of ether oxygens (including phenoxy) is 1. The van der Waals surface area contributed by atoms with E-state index in [1.807, 2.05) is 6.07 Å². The maximum Gasteiger partial charge on any atom is 0.262 e. The van der Waals surface area contributed by atoms with Crippen LogP contribution in [0.5, 0.6) is 0 Å². The first-order valence-corrected chi connectivity index (χ1v) is 11.7. The number of hydrogen-bond donors (Lipinski definition) is 1. The number of rotatable bonds is 6.